The maximum atomic E-state index is 12.2. The van der Waals surface area contributed by atoms with Gasteiger partial charge in [0, 0.05) is 18.8 Å². The molecule has 6 nitrogen and oxygen atoms in total. The summed E-state index contributed by atoms with van der Waals surface area (Å²) in [5.41, 5.74) is 1.44. The van der Waals surface area contributed by atoms with E-state index in [1.807, 2.05) is 24.3 Å². The lowest BCUT2D eigenvalue weighted by Gasteiger charge is -2.28. The molecule has 2 aromatic rings. The van der Waals surface area contributed by atoms with Gasteiger partial charge in [0.1, 0.15) is 5.69 Å². The first-order chi connectivity index (χ1) is 10.7. The Morgan fingerprint density at radius 1 is 1.45 bits per heavy atom. The first-order valence-corrected chi connectivity index (χ1v) is 7.55. The number of carbonyl (C=O) groups excluding carboxylic acids is 1. The maximum absolute atomic E-state index is 12.2. The van der Waals surface area contributed by atoms with E-state index in [0.717, 1.165) is 31.6 Å². The molecule has 1 amide bonds. The minimum Gasteiger partial charge on any atom is -0.359 e. The first kappa shape index (κ1) is 14.7. The Morgan fingerprint density at radius 3 is 3.14 bits per heavy atom. The van der Waals surface area contributed by atoms with Crippen LogP contribution in [-0.2, 0) is 11.3 Å². The molecule has 0 aromatic carbocycles. The van der Waals surface area contributed by atoms with E-state index in [1.54, 1.807) is 6.20 Å². The largest absolute Gasteiger partial charge is 0.359 e. The van der Waals surface area contributed by atoms with E-state index in [1.165, 1.54) is 0 Å². The smallest absolute Gasteiger partial charge is 0.224 e. The van der Waals surface area contributed by atoms with Gasteiger partial charge in [-0.1, -0.05) is 11.2 Å². The van der Waals surface area contributed by atoms with Crippen LogP contribution in [0.3, 0.4) is 0 Å². The molecule has 1 unspecified atom stereocenters. The zero-order valence-electron chi connectivity index (χ0n) is 12.7. The van der Waals surface area contributed by atoms with Gasteiger partial charge < -0.3 is 14.7 Å². The summed E-state index contributed by atoms with van der Waals surface area (Å²) in [4.78, 5) is 18.6. The number of nitrogens with one attached hydrogen (secondary N) is 1. The van der Waals surface area contributed by atoms with Crippen LogP contribution in [0.2, 0.25) is 0 Å². The molecule has 0 bridgehead atoms. The van der Waals surface area contributed by atoms with Crippen LogP contribution in [0.1, 0.15) is 18.6 Å². The molecule has 116 valence electrons. The first-order valence-electron chi connectivity index (χ1n) is 7.55. The molecule has 0 radical (unpaired) electrons. The number of amides is 1. The molecule has 2 aromatic heterocycles. The highest BCUT2D eigenvalue weighted by molar-refractivity contribution is 5.78. The van der Waals surface area contributed by atoms with Crippen molar-refractivity contribution in [3.63, 3.8) is 0 Å². The lowest BCUT2D eigenvalue weighted by atomic mass is 9.97. The van der Waals surface area contributed by atoms with E-state index in [0.29, 0.717) is 18.0 Å². The van der Waals surface area contributed by atoms with E-state index in [-0.39, 0.29) is 11.8 Å². The van der Waals surface area contributed by atoms with Gasteiger partial charge >= 0.3 is 0 Å². The summed E-state index contributed by atoms with van der Waals surface area (Å²) < 4.78 is 5.26. The average Bonchev–Trinajstić information content (AvgIpc) is 3.02. The molecule has 1 fully saturated rings. The average molecular weight is 300 g/mol. The number of nitrogens with zero attached hydrogens (tertiary/aromatic N) is 3. The zero-order valence-corrected chi connectivity index (χ0v) is 12.7. The van der Waals surface area contributed by atoms with Crippen molar-refractivity contribution in [2.45, 2.75) is 19.4 Å². The molecular weight excluding hydrogens is 280 g/mol. The van der Waals surface area contributed by atoms with Gasteiger partial charge in [0.15, 0.2) is 5.76 Å². The number of hydrogen-bond donors (Lipinski definition) is 1. The SMILES string of the molecule is CN1CCCC(C(=O)NCc2cc(-c3ccccn3)no2)C1. The molecule has 0 spiro atoms. The maximum Gasteiger partial charge on any atom is 0.224 e. The van der Waals surface area contributed by atoms with Crippen molar-refractivity contribution in [1.82, 2.24) is 20.4 Å². The van der Waals surface area contributed by atoms with Crippen molar-refractivity contribution in [3.8, 4) is 11.4 Å². The highest BCUT2D eigenvalue weighted by Gasteiger charge is 2.23. The molecule has 22 heavy (non-hydrogen) atoms. The Balaban J connectivity index is 1.56. The molecule has 1 aliphatic heterocycles. The van der Waals surface area contributed by atoms with Gasteiger partial charge in [-0.25, -0.2) is 0 Å². The predicted octanol–water partition coefficient (Wildman–Crippen LogP) is 1.69. The number of likely N-dealkylation sites (tertiary alicyclic amines) is 1. The van der Waals surface area contributed by atoms with E-state index in [4.69, 9.17) is 4.52 Å². The Kier molecular flexibility index (Phi) is 4.48. The van der Waals surface area contributed by atoms with Crippen LogP contribution in [0.25, 0.3) is 11.4 Å². The number of rotatable bonds is 4. The van der Waals surface area contributed by atoms with Crippen LogP contribution >= 0.6 is 0 Å². The summed E-state index contributed by atoms with van der Waals surface area (Å²) in [6.45, 7) is 2.25. The predicted molar refractivity (Wildman–Crippen MR) is 81.8 cm³/mol. The fourth-order valence-electron chi connectivity index (χ4n) is 2.73. The highest BCUT2D eigenvalue weighted by Crippen LogP contribution is 2.17. The van der Waals surface area contributed by atoms with Gasteiger partial charge in [-0.2, -0.15) is 0 Å². The van der Waals surface area contributed by atoms with Crippen molar-refractivity contribution in [2.24, 2.45) is 5.92 Å². The second-order valence-electron chi connectivity index (χ2n) is 5.71. The van der Waals surface area contributed by atoms with Crippen molar-refractivity contribution < 1.29 is 9.32 Å². The number of pyridine rings is 1. The summed E-state index contributed by atoms with van der Waals surface area (Å²) in [5.74, 6) is 0.789. The number of carbonyl (C=O) groups is 1. The standard InChI is InChI=1S/C16H20N4O2/c1-20-8-4-5-12(11-20)16(21)18-10-13-9-15(19-22-13)14-6-2-3-7-17-14/h2-3,6-7,9,12H,4-5,8,10-11H2,1H3,(H,18,21). The van der Waals surface area contributed by atoms with Crippen molar-refractivity contribution >= 4 is 5.91 Å². The fourth-order valence-corrected chi connectivity index (χ4v) is 2.73. The Bertz CT molecular complexity index is 626. The molecule has 6 heteroatoms. The van der Waals surface area contributed by atoms with Crippen LogP contribution < -0.4 is 5.32 Å². The Labute approximate surface area is 129 Å². The topological polar surface area (TPSA) is 71.3 Å². The molecule has 3 rings (SSSR count). The Hall–Kier alpha value is -2.21. The second kappa shape index (κ2) is 6.70. The molecule has 0 saturated carbocycles. The molecular formula is C16H20N4O2. The minimum absolute atomic E-state index is 0.0666. The lowest BCUT2D eigenvalue weighted by molar-refractivity contribution is -0.126. The summed E-state index contributed by atoms with van der Waals surface area (Å²) in [5, 5.41) is 6.93. The number of piperidine rings is 1. The minimum atomic E-state index is 0.0666. The molecule has 1 aliphatic rings. The van der Waals surface area contributed by atoms with E-state index >= 15 is 0 Å². The van der Waals surface area contributed by atoms with Crippen LogP contribution in [-0.4, -0.2) is 41.1 Å². The van der Waals surface area contributed by atoms with Gasteiger partial charge in [0.05, 0.1) is 18.2 Å². The molecule has 0 aliphatic carbocycles. The van der Waals surface area contributed by atoms with Gasteiger partial charge in [0.25, 0.3) is 0 Å². The fraction of sp³-hybridized carbons (Fsp3) is 0.438. The van der Waals surface area contributed by atoms with Crippen LogP contribution in [0.5, 0.6) is 0 Å². The van der Waals surface area contributed by atoms with Crippen molar-refractivity contribution in [2.75, 3.05) is 20.1 Å². The highest BCUT2D eigenvalue weighted by atomic mass is 16.5. The molecule has 1 N–H and O–H groups in total. The third kappa shape index (κ3) is 3.51. The third-order valence-corrected chi connectivity index (χ3v) is 3.92. The normalized spacial score (nSPS) is 19.0. The summed E-state index contributed by atoms with van der Waals surface area (Å²) in [7, 11) is 2.05. The van der Waals surface area contributed by atoms with E-state index in [2.05, 4.69) is 27.4 Å². The quantitative estimate of drug-likeness (QED) is 0.930. The summed E-state index contributed by atoms with van der Waals surface area (Å²) >= 11 is 0. The van der Waals surface area contributed by atoms with Crippen molar-refractivity contribution in [1.29, 1.82) is 0 Å². The van der Waals surface area contributed by atoms with Crippen LogP contribution in [0.15, 0.2) is 35.0 Å². The molecule has 3 heterocycles. The zero-order chi connectivity index (χ0) is 15.4. The van der Waals surface area contributed by atoms with Crippen LogP contribution in [0.4, 0.5) is 0 Å². The van der Waals surface area contributed by atoms with Gasteiger partial charge in [-0.15, -0.1) is 0 Å². The lowest BCUT2D eigenvalue weighted by Crippen LogP contribution is -2.41. The van der Waals surface area contributed by atoms with Gasteiger partial charge in [0.2, 0.25) is 5.91 Å². The summed E-state index contributed by atoms with van der Waals surface area (Å²) in [6, 6.07) is 7.44. The Morgan fingerprint density at radius 2 is 2.36 bits per heavy atom. The second-order valence-corrected chi connectivity index (χ2v) is 5.71. The van der Waals surface area contributed by atoms with Gasteiger partial charge in [-0.05, 0) is 38.6 Å². The monoisotopic (exact) mass is 300 g/mol. The van der Waals surface area contributed by atoms with E-state index in [9.17, 15) is 4.79 Å². The van der Waals surface area contributed by atoms with Gasteiger partial charge in [-0.3, -0.25) is 9.78 Å². The summed E-state index contributed by atoms with van der Waals surface area (Å²) in [6.07, 6.45) is 3.73. The molecule has 1 atom stereocenters. The van der Waals surface area contributed by atoms with Crippen LogP contribution in [0, 0.1) is 5.92 Å². The number of hydrogen-bond acceptors (Lipinski definition) is 5. The van der Waals surface area contributed by atoms with E-state index < -0.39 is 0 Å². The van der Waals surface area contributed by atoms with Crippen molar-refractivity contribution in [3.05, 3.63) is 36.2 Å². The third-order valence-electron chi connectivity index (χ3n) is 3.92. The number of aromatic nitrogens is 2. The molecule has 1 saturated heterocycles.